The SMILES string of the molecule is CC(C)CN(CC(=O)N(Cc1ccccc1)Cc1cccs1)C(=O)C1C[C@H]1c1ccccc1. The van der Waals surface area contributed by atoms with E-state index >= 15 is 0 Å². The van der Waals surface area contributed by atoms with Crippen molar-refractivity contribution in [1.29, 1.82) is 0 Å². The third kappa shape index (κ3) is 6.32. The van der Waals surface area contributed by atoms with Gasteiger partial charge in [-0.25, -0.2) is 0 Å². The molecule has 0 N–H and O–H groups in total. The summed E-state index contributed by atoms with van der Waals surface area (Å²) >= 11 is 1.65. The molecule has 1 aromatic heterocycles. The van der Waals surface area contributed by atoms with Crippen LogP contribution in [0.1, 0.15) is 42.2 Å². The van der Waals surface area contributed by atoms with Crippen molar-refractivity contribution in [2.45, 2.75) is 39.3 Å². The number of hydrogen-bond donors (Lipinski definition) is 0. The average molecular weight is 461 g/mol. The molecule has 1 saturated carbocycles. The monoisotopic (exact) mass is 460 g/mol. The van der Waals surface area contributed by atoms with E-state index < -0.39 is 0 Å². The minimum atomic E-state index is -0.0150. The summed E-state index contributed by atoms with van der Waals surface area (Å²) in [7, 11) is 0. The Morgan fingerprint density at radius 1 is 0.909 bits per heavy atom. The lowest BCUT2D eigenvalue weighted by atomic mass is 10.1. The Hall–Kier alpha value is -2.92. The van der Waals surface area contributed by atoms with E-state index in [1.807, 2.05) is 64.9 Å². The topological polar surface area (TPSA) is 40.6 Å². The lowest BCUT2D eigenvalue weighted by Gasteiger charge is -2.29. The maximum atomic E-state index is 13.5. The molecule has 2 amide bonds. The molecule has 2 atom stereocenters. The van der Waals surface area contributed by atoms with Crippen LogP contribution < -0.4 is 0 Å². The van der Waals surface area contributed by atoms with Crippen molar-refractivity contribution in [2.24, 2.45) is 11.8 Å². The zero-order chi connectivity index (χ0) is 23.2. The summed E-state index contributed by atoms with van der Waals surface area (Å²) in [5, 5.41) is 2.03. The molecule has 0 saturated heterocycles. The highest BCUT2D eigenvalue weighted by Gasteiger charge is 2.46. The van der Waals surface area contributed by atoms with Crippen molar-refractivity contribution < 1.29 is 9.59 Å². The highest BCUT2D eigenvalue weighted by molar-refractivity contribution is 7.09. The van der Waals surface area contributed by atoms with Gasteiger partial charge in [-0.2, -0.15) is 0 Å². The number of benzene rings is 2. The van der Waals surface area contributed by atoms with Gasteiger partial charge in [-0.05, 0) is 40.8 Å². The normalized spacial score (nSPS) is 17.1. The minimum absolute atomic E-state index is 0.00170. The van der Waals surface area contributed by atoms with Crippen LogP contribution in [-0.2, 0) is 22.7 Å². The summed E-state index contributed by atoms with van der Waals surface area (Å²) in [5.74, 6) is 0.671. The van der Waals surface area contributed by atoms with E-state index in [4.69, 9.17) is 0 Å². The number of amides is 2. The van der Waals surface area contributed by atoms with E-state index in [1.54, 1.807) is 16.2 Å². The predicted molar refractivity (Wildman–Crippen MR) is 134 cm³/mol. The highest BCUT2D eigenvalue weighted by atomic mass is 32.1. The fraction of sp³-hybridized carbons (Fsp3) is 0.357. The van der Waals surface area contributed by atoms with Gasteiger partial charge in [0.1, 0.15) is 0 Å². The van der Waals surface area contributed by atoms with Crippen LogP contribution in [0.25, 0.3) is 0 Å². The molecule has 2 aromatic carbocycles. The summed E-state index contributed by atoms with van der Waals surface area (Å²) in [4.78, 5) is 31.7. The zero-order valence-corrected chi connectivity index (χ0v) is 20.2. The third-order valence-electron chi connectivity index (χ3n) is 6.05. The maximum absolute atomic E-state index is 13.5. The van der Waals surface area contributed by atoms with Crippen LogP contribution in [0.5, 0.6) is 0 Å². The molecule has 4 rings (SSSR count). The van der Waals surface area contributed by atoms with E-state index in [0.29, 0.717) is 25.6 Å². The molecule has 0 bridgehead atoms. The van der Waals surface area contributed by atoms with Gasteiger partial charge in [0.2, 0.25) is 11.8 Å². The number of thiophene rings is 1. The van der Waals surface area contributed by atoms with E-state index in [-0.39, 0.29) is 30.2 Å². The number of carbonyl (C=O) groups excluding carboxylic acids is 2. The molecule has 4 nitrogen and oxygen atoms in total. The van der Waals surface area contributed by atoms with E-state index in [1.165, 1.54) is 5.56 Å². The first-order chi connectivity index (χ1) is 16.0. The Balaban J connectivity index is 1.47. The van der Waals surface area contributed by atoms with Crippen molar-refractivity contribution in [2.75, 3.05) is 13.1 Å². The van der Waals surface area contributed by atoms with Crippen LogP contribution in [0.3, 0.4) is 0 Å². The summed E-state index contributed by atoms with van der Waals surface area (Å²) in [5.41, 5.74) is 2.31. The Morgan fingerprint density at radius 2 is 1.61 bits per heavy atom. The van der Waals surface area contributed by atoms with Gasteiger partial charge in [-0.15, -0.1) is 11.3 Å². The lowest BCUT2D eigenvalue weighted by molar-refractivity contribution is -0.142. The maximum Gasteiger partial charge on any atom is 0.242 e. The molecule has 1 fully saturated rings. The molecule has 0 radical (unpaired) electrons. The Morgan fingerprint density at radius 3 is 2.24 bits per heavy atom. The quantitative estimate of drug-likeness (QED) is 0.397. The first-order valence-corrected chi connectivity index (χ1v) is 12.6. The standard InChI is InChI=1S/C28H32N2O2S/c1-21(2)17-30(28(32)26-16-25(26)23-12-7-4-8-13-23)20-27(31)29(19-24-14-9-15-33-24)18-22-10-5-3-6-11-22/h3-15,21,25-26H,16-20H2,1-2H3/t25-,26?/m0/s1. The van der Waals surface area contributed by atoms with E-state index in [0.717, 1.165) is 16.9 Å². The highest BCUT2D eigenvalue weighted by Crippen LogP contribution is 2.48. The molecule has 0 spiro atoms. The van der Waals surface area contributed by atoms with Crippen LogP contribution in [0.4, 0.5) is 0 Å². The van der Waals surface area contributed by atoms with E-state index in [2.05, 4.69) is 32.0 Å². The minimum Gasteiger partial charge on any atom is -0.333 e. The smallest absolute Gasteiger partial charge is 0.242 e. The first kappa shape index (κ1) is 23.2. The van der Waals surface area contributed by atoms with Crippen molar-refractivity contribution >= 4 is 23.2 Å². The van der Waals surface area contributed by atoms with Crippen LogP contribution in [0.15, 0.2) is 78.2 Å². The van der Waals surface area contributed by atoms with Gasteiger partial charge in [-0.3, -0.25) is 9.59 Å². The summed E-state index contributed by atoms with van der Waals surface area (Å²) in [6.45, 7) is 6.02. The molecule has 1 aliphatic rings. The first-order valence-electron chi connectivity index (χ1n) is 11.7. The molecule has 5 heteroatoms. The second-order valence-electron chi connectivity index (χ2n) is 9.29. The molecule has 0 aliphatic heterocycles. The summed E-state index contributed by atoms with van der Waals surface area (Å²) < 4.78 is 0. The summed E-state index contributed by atoms with van der Waals surface area (Å²) in [6, 6.07) is 24.4. The molecule has 172 valence electrons. The number of rotatable bonds is 10. The number of hydrogen-bond acceptors (Lipinski definition) is 3. The van der Waals surface area contributed by atoms with Gasteiger partial charge in [0, 0.05) is 23.9 Å². The second-order valence-corrected chi connectivity index (χ2v) is 10.3. The molecule has 3 aromatic rings. The number of nitrogens with zero attached hydrogens (tertiary/aromatic N) is 2. The summed E-state index contributed by atoms with van der Waals surface area (Å²) in [6.07, 6.45) is 0.870. The fourth-order valence-corrected chi connectivity index (χ4v) is 5.05. The molecule has 1 unspecified atom stereocenters. The molecular formula is C28H32N2O2S. The van der Waals surface area contributed by atoms with Crippen molar-refractivity contribution in [3.05, 3.63) is 94.2 Å². The Labute approximate surface area is 200 Å². The van der Waals surface area contributed by atoms with Crippen molar-refractivity contribution in [3.63, 3.8) is 0 Å². The van der Waals surface area contributed by atoms with Crippen LogP contribution in [0.2, 0.25) is 0 Å². The average Bonchev–Trinajstić information content (AvgIpc) is 3.46. The Kier molecular flexibility index (Phi) is 7.61. The van der Waals surface area contributed by atoms with Crippen molar-refractivity contribution in [1.82, 2.24) is 9.80 Å². The number of carbonyl (C=O) groups is 2. The van der Waals surface area contributed by atoms with E-state index in [9.17, 15) is 9.59 Å². The van der Waals surface area contributed by atoms with Gasteiger partial charge in [0.15, 0.2) is 0 Å². The molecule has 33 heavy (non-hydrogen) atoms. The van der Waals surface area contributed by atoms with Gasteiger partial charge < -0.3 is 9.80 Å². The molecule has 1 heterocycles. The second kappa shape index (κ2) is 10.8. The van der Waals surface area contributed by atoms with Gasteiger partial charge in [-0.1, -0.05) is 80.6 Å². The third-order valence-corrected chi connectivity index (χ3v) is 6.92. The van der Waals surface area contributed by atoms with Gasteiger partial charge >= 0.3 is 0 Å². The fourth-order valence-electron chi connectivity index (χ4n) is 4.33. The Bertz CT molecular complexity index is 1030. The van der Waals surface area contributed by atoms with Crippen molar-refractivity contribution in [3.8, 4) is 0 Å². The molecule has 1 aliphatic carbocycles. The van der Waals surface area contributed by atoms with Crippen LogP contribution in [-0.4, -0.2) is 34.7 Å². The largest absolute Gasteiger partial charge is 0.333 e. The predicted octanol–water partition coefficient (Wildman–Crippen LogP) is 5.57. The van der Waals surface area contributed by atoms with Crippen LogP contribution >= 0.6 is 11.3 Å². The lowest BCUT2D eigenvalue weighted by Crippen LogP contribution is -2.44. The van der Waals surface area contributed by atoms with Gasteiger partial charge in [0.25, 0.3) is 0 Å². The zero-order valence-electron chi connectivity index (χ0n) is 19.4. The van der Waals surface area contributed by atoms with Gasteiger partial charge in [0.05, 0.1) is 13.1 Å². The molecular weight excluding hydrogens is 428 g/mol. The van der Waals surface area contributed by atoms with Crippen LogP contribution in [0, 0.1) is 11.8 Å².